The number of benzene rings is 3. The van der Waals surface area contributed by atoms with Gasteiger partial charge in [-0.1, -0.05) is 30.3 Å². The summed E-state index contributed by atoms with van der Waals surface area (Å²) in [6, 6.07) is 19.3. The Kier molecular flexibility index (Phi) is 5.16. The second kappa shape index (κ2) is 7.81. The Morgan fingerprint density at radius 1 is 0.968 bits per heavy atom. The first-order valence-electron chi connectivity index (χ1n) is 9.49. The van der Waals surface area contributed by atoms with E-state index in [9.17, 15) is 18.0 Å². The average molecular weight is 433 g/mol. The van der Waals surface area contributed by atoms with Crippen LogP contribution in [0.4, 0.5) is 5.69 Å². The number of hydrogen-bond acceptors (Lipinski definition) is 5. The summed E-state index contributed by atoms with van der Waals surface area (Å²) < 4.78 is 29.5. The van der Waals surface area contributed by atoms with Gasteiger partial charge < -0.3 is 0 Å². The van der Waals surface area contributed by atoms with E-state index in [0.29, 0.717) is 33.7 Å². The quantitative estimate of drug-likeness (QED) is 0.484. The smallest absolute Gasteiger partial charge is 0.265 e. The summed E-state index contributed by atoms with van der Waals surface area (Å²) in [5.74, 6) is 0.345. The Morgan fingerprint density at radius 3 is 2.39 bits per heavy atom. The number of nitrogens with one attached hydrogen (secondary N) is 1. The zero-order valence-corrected chi connectivity index (χ0v) is 17.7. The summed E-state index contributed by atoms with van der Waals surface area (Å²) in [6.07, 6.45) is 0. The molecule has 0 spiro atoms. The third-order valence-electron chi connectivity index (χ3n) is 4.87. The molecule has 4 rings (SSSR count). The van der Waals surface area contributed by atoms with Crippen LogP contribution >= 0.6 is 0 Å². The molecule has 0 saturated carbocycles. The molecule has 8 heteroatoms. The van der Waals surface area contributed by atoms with Gasteiger partial charge in [0.05, 0.1) is 27.2 Å². The molecule has 0 saturated heterocycles. The molecule has 0 aliphatic carbocycles. The fraction of sp³-hybridized carbons (Fsp3) is 0.0870. The fourth-order valence-electron chi connectivity index (χ4n) is 3.34. The minimum absolute atomic E-state index is 0.0311. The molecule has 1 N–H and O–H groups in total. The molecule has 3 aromatic carbocycles. The molecule has 0 atom stereocenters. The molecular formula is C23H19N3O4S. The van der Waals surface area contributed by atoms with Crippen LogP contribution in [0.5, 0.6) is 0 Å². The van der Waals surface area contributed by atoms with Crippen LogP contribution in [0.2, 0.25) is 0 Å². The van der Waals surface area contributed by atoms with Gasteiger partial charge in [0, 0.05) is 5.56 Å². The Morgan fingerprint density at radius 2 is 1.68 bits per heavy atom. The predicted molar refractivity (Wildman–Crippen MR) is 119 cm³/mol. The number of carbonyl (C=O) groups is 1. The van der Waals surface area contributed by atoms with Crippen LogP contribution in [0.15, 0.2) is 82.5 Å². The summed E-state index contributed by atoms with van der Waals surface area (Å²) in [4.78, 5) is 28.9. The highest BCUT2D eigenvalue weighted by Gasteiger charge is 2.16. The lowest BCUT2D eigenvalue weighted by Crippen LogP contribution is -2.22. The van der Waals surface area contributed by atoms with Gasteiger partial charge in [0.2, 0.25) is 0 Å². The van der Waals surface area contributed by atoms with E-state index in [-0.39, 0.29) is 16.2 Å². The third-order valence-corrected chi connectivity index (χ3v) is 6.27. The molecule has 1 heterocycles. The predicted octanol–water partition coefficient (Wildman–Crippen LogP) is 3.70. The average Bonchev–Trinajstić information content (AvgIpc) is 2.74. The van der Waals surface area contributed by atoms with Crippen molar-refractivity contribution in [1.82, 2.24) is 9.55 Å². The van der Waals surface area contributed by atoms with Gasteiger partial charge >= 0.3 is 0 Å². The molecule has 0 unspecified atom stereocenters. The van der Waals surface area contributed by atoms with E-state index in [0.717, 1.165) is 0 Å². The van der Waals surface area contributed by atoms with Crippen molar-refractivity contribution in [3.63, 3.8) is 0 Å². The standard InChI is InChI=1S/C23H19N3O4S/c1-15(27)17-10-12-20(13-11-17)31(29,30)25-18-6-5-7-19(14-18)26-16(2)24-22-9-4-3-8-21(22)23(26)28/h3-14,25H,1-2H3. The number of Topliss-reactive ketones (excluding diaryl/α,β-unsaturated/α-hetero) is 1. The molecule has 4 aromatic rings. The molecule has 0 fully saturated rings. The maximum atomic E-state index is 13.0. The molecule has 7 nitrogen and oxygen atoms in total. The van der Waals surface area contributed by atoms with Crippen LogP contribution in [0.1, 0.15) is 23.1 Å². The molecule has 31 heavy (non-hydrogen) atoms. The number of aromatic nitrogens is 2. The summed E-state index contributed by atoms with van der Waals surface area (Å²) in [5.41, 5.74) is 1.59. The summed E-state index contributed by atoms with van der Waals surface area (Å²) >= 11 is 0. The highest BCUT2D eigenvalue weighted by molar-refractivity contribution is 7.92. The Labute approximate surface area is 179 Å². The van der Waals surface area contributed by atoms with Gasteiger partial charge in [-0.15, -0.1) is 0 Å². The summed E-state index contributed by atoms with van der Waals surface area (Å²) in [5, 5.41) is 0.477. The summed E-state index contributed by atoms with van der Waals surface area (Å²) in [6.45, 7) is 3.14. The number of nitrogens with zero attached hydrogens (tertiary/aromatic N) is 2. The van der Waals surface area contributed by atoms with Gasteiger partial charge in [-0.05, 0) is 56.3 Å². The second-order valence-electron chi connectivity index (χ2n) is 7.05. The topological polar surface area (TPSA) is 98.1 Å². The first-order valence-corrected chi connectivity index (χ1v) is 11.0. The van der Waals surface area contributed by atoms with Crippen LogP contribution < -0.4 is 10.3 Å². The minimum atomic E-state index is -3.87. The number of fused-ring (bicyclic) bond motifs is 1. The zero-order valence-electron chi connectivity index (χ0n) is 16.9. The van der Waals surface area contributed by atoms with Crippen molar-refractivity contribution < 1.29 is 13.2 Å². The maximum Gasteiger partial charge on any atom is 0.265 e. The van der Waals surface area contributed by atoms with E-state index in [1.165, 1.54) is 35.8 Å². The van der Waals surface area contributed by atoms with Crippen LogP contribution in [0.3, 0.4) is 0 Å². The molecule has 156 valence electrons. The Hall–Kier alpha value is -3.78. The Balaban J connectivity index is 1.72. The van der Waals surface area contributed by atoms with Crippen molar-refractivity contribution in [2.24, 2.45) is 0 Å². The highest BCUT2D eigenvalue weighted by Crippen LogP contribution is 2.20. The summed E-state index contributed by atoms with van der Waals surface area (Å²) in [7, 11) is -3.87. The van der Waals surface area contributed by atoms with Gasteiger partial charge in [0.25, 0.3) is 15.6 Å². The molecule has 0 bridgehead atoms. The van der Waals surface area contributed by atoms with E-state index in [2.05, 4.69) is 9.71 Å². The number of carbonyl (C=O) groups excluding carboxylic acids is 1. The highest BCUT2D eigenvalue weighted by atomic mass is 32.2. The molecule has 0 aliphatic heterocycles. The van der Waals surface area contributed by atoms with E-state index in [1.807, 2.05) is 6.07 Å². The third kappa shape index (κ3) is 3.97. The van der Waals surface area contributed by atoms with Crippen LogP contribution in [0.25, 0.3) is 16.6 Å². The lowest BCUT2D eigenvalue weighted by Gasteiger charge is -2.13. The van der Waals surface area contributed by atoms with Crippen molar-refractivity contribution in [3.8, 4) is 5.69 Å². The van der Waals surface area contributed by atoms with Crippen molar-refractivity contribution in [3.05, 3.63) is 94.5 Å². The SMILES string of the molecule is CC(=O)c1ccc(S(=O)(=O)Nc2cccc(-n3c(C)nc4ccccc4c3=O)c2)cc1. The monoisotopic (exact) mass is 433 g/mol. The van der Waals surface area contributed by atoms with Gasteiger partial charge in [0.1, 0.15) is 5.82 Å². The number of anilines is 1. The first-order chi connectivity index (χ1) is 14.8. The van der Waals surface area contributed by atoms with Gasteiger partial charge in [0.15, 0.2) is 5.78 Å². The number of ketones is 1. The lowest BCUT2D eigenvalue weighted by molar-refractivity contribution is 0.101. The maximum absolute atomic E-state index is 13.0. The molecule has 0 amide bonds. The number of aryl methyl sites for hydroxylation is 1. The van der Waals surface area contributed by atoms with Crippen LogP contribution in [-0.2, 0) is 10.0 Å². The zero-order chi connectivity index (χ0) is 22.2. The number of rotatable bonds is 5. The normalized spacial score (nSPS) is 11.4. The second-order valence-corrected chi connectivity index (χ2v) is 8.74. The van der Waals surface area contributed by atoms with Crippen LogP contribution in [-0.4, -0.2) is 23.8 Å². The fourth-order valence-corrected chi connectivity index (χ4v) is 4.39. The van der Waals surface area contributed by atoms with E-state index < -0.39 is 10.0 Å². The van der Waals surface area contributed by atoms with Crippen molar-refractivity contribution in [2.75, 3.05) is 4.72 Å². The minimum Gasteiger partial charge on any atom is -0.295 e. The largest absolute Gasteiger partial charge is 0.295 e. The van der Waals surface area contributed by atoms with E-state index >= 15 is 0 Å². The molecule has 0 radical (unpaired) electrons. The van der Waals surface area contributed by atoms with E-state index in [1.54, 1.807) is 49.4 Å². The molecular weight excluding hydrogens is 414 g/mol. The Bertz CT molecular complexity index is 1470. The molecule has 0 aliphatic rings. The van der Waals surface area contributed by atoms with Gasteiger partial charge in [-0.3, -0.25) is 18.9 Å². The van der Waals surface area contributed by atoms with Gasteiger partial charge in [-0.2, -0.15) is 0 Å². The van der Waals surface area contributed by atoms with E-state index in [4.69, 9.17) is 0 Å². The van der Waals surface area contributed by atoms with Crippen molar-refractivity contribution in [1.29, 1.82) is 0 Å². The van der Waals surface area contributed by atoms with Crippen molar-refractivity contribution in [2.45, 2.75) is 18.7 Å². The first kappa shape index (κ1) is 20.5. The number of para-hydroxylation sites is 1. The van der Waals surface area contributed by atoms with Crippen LogP contribution in [0, 0.1) is 6.92 Å². The van der Waals surface area contributed by atoms with Gasteiger partial charge in [-0.25, -0.2) is 13.4 Å². The van der Waals surface area contributed by atoms with Crippen molar-refractivity contribution >= 4 is 32.4 Å². The molecule has 1 aromatic heterocycles. The number of sulfonamides is 1. The lowest BCUT2D eigenvalue weighted by atomic mass is 10.2. The number of hydrogen-bond donors (Lipinski definition) is 1.